The molecular formula is C17H14ClN3O3. The van der Waals surface area contributed by atoms with E-state index in [1.54, 1.807) is 37.3 Å². The molecule has 7 heteroatoms. The molecular weight excluding hydrogens is 330 g/mol. The molecule has 1 atom stereocenters. The summed E-state index contributed by atoms with van der Waals surface area (Å²) in [6.07, 6.45) is -0.854. The fraction of sp³-hybridized carbons (Fsp3) is 0.118. The molecule has 0 radical (unpaired) electrons. The van der Waals surface area contributed by atoms with Gasteiger partial charge in [-0.3, -0.25) is 9.59 Å². The van der Waals surface area contributed by atoms with Crippen molar-refractivity contribution in [1.82, 2.24) is 0 Å². The second kappa shape index (κ2) is 7.49. The van der Waals surface area contributed by atoms with Crippen molar-refractivity contribution >= 4 is 29.1 Å². The Morgan fingerprint density at radius 3 is 2.67 bits per heavy atom. The first-order valence-electron chi connectivity index (χ1n) is 6.98. The number of nitrogens with one attached hydrogen (secondary N) is 1. The van der Waals surface area contributed by atoms with Gasteiger partial charge in [-0.05, 0) is 37.3 Å². The van der Waals surface area contributed by atoms with Gasteiger partial charge < -0.3 is 15.8 Å². The van der Waals surface area contributed by atoms with Crippen molar-refractivity contribution in [1.29, 1.82) is 5.26 Å². The molecule has 1 unspecified atom stereocenters. The molecule has 0 aromatic heterocycles. The number of hydrogen-bond acceptors (Lipinski definition) is 4. The van der Waals surface area contributed by atoms with Crippen LogP contribution in [0.1, 0.15) is 22.8 Å². The van der Waals surface area contributed by atoms with Crippen molar-refractivity contribution in [3.8, 4) is 11.8 Å². The lowest BCUT2D eigenvalue weighted by Crippen LogP contribution is -2.30. The number of nitrogens with two attached hydrogens (primary N) is 1. The number of nitriles is 1. The first-order chi connectivity index (χ1) is 11.4. The van der Waals surface area contributed by atoms with Gasteiger partial charge in [0.15, 0.2) is 6.10 Å². The zero-order chi connectivity index (χ0) is 17.7. The van der Waals surface area contributed by atoms with Gasteiger partial charge in [-0.15, -0.1) is 0 Å². The van der Waals surface area contributed by atoms with E-state index >= 15 is 0 Å². The van der Waals surface area contributed by atoms with Crippen LogP contribution < -0.4 is 15.8 Å². The summed E-state index contributed by atoms with van der Waals surface area (Å²) in [6, 6.07) is 13.0. The number of ether oxygens (including phenoxy) is 1. The third-order valence-electron chi connectivity index (χ3n) is 3.18. The quantitative estimate of drug-likeness (QED) is 0.870. The molecule has 122 valence electrons. The summed E-state index contributed by atoms with van der Waals surface area (Å²) < 4.78 is 5.52. The Kier molecular flexibility index (Phi) is 5.40. The Morgan fingerprint density at radius 1 is 1.29 bits per heavy atom. The van der Waals surface area contributed by atoms with Crippen LogP contribution in [-0.2, 0) is 4.79 Å². The fourth-order valence-electron chi connectivity index (χ4n) is 1.94. The predicted octanol–water partition coefficient (Wildman–Crippen LogP) is 2.72. The van der Waals surface area contributed by atoms with Gasteiger partial charge in [0, 0.05) is 5.69 Å². The van der Waals surface area contributed by atoms with E-state index in [1.807, 2.05) is 6.07 Å². The van der Waals surface area contributed by atoms with Crippen molar-refractivity contribution in [2.45, 2.75) is 13.0 Å². The molecule has 0 saturated heterocycles. The van der Waals surface area contributed by atoms with Gasteiger partial charge in [-0.1, -0.05) is 23.7 Å². The van der Waals surface area contributed by atoms with E-state index in [0.29, 0.717) is 17.0 Å². The largest absolute Gasteiger partial charge is 0.480 e. The van der Waals surface area contributed by atoms with E-state index in [-0.39, 0.29) is 10.6 Å². The van der Waals surface area contributed by atoms with Crippen molar-refractivity contribution < 1.29 is 14.3 Å². The summed E-state index contributed by atoms with van der Waals surface area (Å²) in [5.74, 6) is -0.819. The Balaban J connectivity index is 2.11. The highest BCUT2D eigenvalue weighted by Crippen LogP contribution is 2.21. The van der Waals surface area contributed by atoms with Crippen LogP contribution in [0.2, 0.25) is 5.02 Å². The maximum Gasteiger partial charge on any atom is 0.265 e. The lowest BCUT2D eigenvalue weighted by atomic mass is 10.2. The zero-order valence-electron chi connectivity index (χ0n) is 12.7. The van der Waals surface area contributed by atoms with Crippen molar-refractivity contribution in [3.05, 3.63) is 58.6 Å². The summed E-state index contributed by atoms with van der Waals surface area (Å²) in [4.78, 5) is 23.5. The van der Waals surface area contributed by atoms with Gasteiger partial charge in [0.1, 0.15) is 11.8 Å². The van der Waals surface area contributed by atoms with E-state index in [9.17, 15) is 9.59 Å². The number of anilines is 1. The average molecular weight is 344 g/mol. The number of rotatable bonds is 5. The third-order valence-corrected chi connectivity index (χ3v) is 3.51. The van der Waals surface area contributed by atoms with E-state index in [1.165, 1.54) is 12.1 Å². The smallest absolute Gasteiger partial charge is 0.265 e. The van der Waals surface area contributed by atoms with Gasteiger partial charge in [-0.25, -0.2) is 0 Å². The minimum absolute atomic E-state index is 0.109. The number of carbonyl (C=O) groups is 2. The average Bonchev–Trinajstić information content (AvgIpc) is 2.56. The van der Waals surface area contributed by atoms with Crippen LogP contribution in [-0.4, -0.2) is 17.9 Å². The zero-order valence-corrected chi connectivity index (χ0v) is 13.5. The Morgan fingerprint density at radius 2 is 2.00 bits per heavy atom. The summed E-state index contributed by atoms with van der Waals surface area (Å²) in [5.41, 5.74) is 6.02. The fourth-order valence-corrected chi connectivity index (χ4v) is 2.15. The highest BCUT2D eigenvalue weighted by molar-refractivity contribution is 6.34. The van der Waals surface area contributed by atoms with Crippen LogP contribution in [0.3, 0.4) is 0 Å². The predicted molar refractivity (Wildman–Crippen MR) is 89.8 cm³/mol. The Hall–Kier alpha value is -3.04. The highest BCUT2D eigenvalue weighted by atomic mass is 35.5. The van der Waals surface area contributed by atoms with Crippen molar-refractivity contribution in [2.24, 2.45) is 5.73 Å². The van der Waals surface area contributed by atoms with Crippen LogP contribution in [0.25, 0.3) is 0 Å². The summed E-state index contributed by atoms with van der Waals surface area (Å²) in [6.45, 7) is 1.55. The number of para-hydroxylation sites is 1. The molecule has 2 amide bonds. The maximum absolute atomic E-state index is 12.2. The molecule has 24 heavy (non-hydrogen) atoms. The van der Waals surface area contributed by atoms with Crippen molar-refractivity contribution in [2.75, 3.05) is 5.32 Å². The van der Waals surface area contributed by atoms with E-state index < -0.39 is 17.9 Å². The van der Waals surface area contributed by atoms with E-state index in [4.69, 9.17) is 27.3 Å². The lowest BCUT2D eigenvalue weighted by molar-refractivity contribution is -0.122. The highest BCUT2D eigenvalue weighted by Gasteiger charge is 2.17. The molecule has 2 rings (SSSR count). The van der Waals surface area contributed by atoms with Crippen LogP contribution in [0.5, 0.6) is 5.75 Å². The second-order valence-corrected chi connectivity index (χ2v) is 5.32. The molecule has 2 aromatic carbocycles. The number of nitrogens with zero attached hydrogens (tertiary/aromatic N) is 1. The molecule has 0 spiro atoms. The van der Waals surface area contributed by atoms with Gasteiger partial charge >= 0.3 is 0 Å². The van der Waals surface area contributed by atoms with E-state index in [0.717, 1.165) is 0 Å². The van der Waals surface area contributed by atoms with Crippen LogP contribution in [0, 0.1) is 11.3 Å². The second-order valence-electron chi connectivity index (χ2n) is 4.92. The van der Waals surface area contributed by atoms with Crippen LogP contribution in [0.4, 0.5) is 5.69 Å². The van der Waals surface area contributed by atoms with Crippen LogP contribution in [0.15, 0.2) is 42.5 Å². The summed E-state index contributed by atoms with van der Waals surface area (Å²) >= 11 is 5.86. The normalized spacial score (nSPS) is 11.2. The number of hydrogen-bond donors (Lipinski definition) is 2. The minimum atomic E-state index is -0.854. The molecule has 0 aliphatic rings. The monoisotopic (exact) mass is 343 g/mol. The van der Waals surface area contributed by atoms with Gasteiger partial charge in [0.05, 0.1) is 16.1 Å². The summed E-state index contributed by atoms with van der Waals surface area (Å²) in [7, 11) is 0. The number of halogens is 1. The number of amides is 2. The molecule has 0 aliphatic heterocycles. The molecule has 0 bridgehead atoms. The minimum Gasteiger partial charge on any atom is -0.480 e. The molecule has 0 fully saturated rings. The Labute approximate surface area is 143 Å². The molecule has 0 aliphatic carbocycles. The van der Waals surface area contributed by atoms with Gasteiger partial charge in [0.2, 0.25) is 5.91 Å². The molecule has 2 aromatic rings. The SMILES string of the molecule is CC(Oc1ccccc1C#N)C(=O)Nc1ccc(Cl)c(C(N)=O)c1. The van der Waals surface area contributed by atoms with Crippen molar-refractivity contribution in [3.63, 3.8) is 0 Å². The first kappa shape index (κ1) is 17.3. The topological polar surface area (TPSA) is 105 Å². The summed E-state index contributed by atoms with van der Waals surface area (Å²) in [5, 5.41) is 11.8. The number of carbonyl (C=O) groups excluding carboxylic acids is 2. The van der Waals surface area contributed by atoms with Crippen LogP contribution >= 0.6 is 11.6 Å². The number of primary amides is 1. The lowest BCUT2D eigenvalue weighted by Gasteiger charge is -2.16. The third kappa shape index (κ3) is 4.03. The molecule has 3 N–H and O–H groups in total. The number of benzene rings is 2. The molecule has 6 nitrogen and oxygen atoms in total. The van der Waals surface area contributed by atoms with Gasteiger partial charge in [-0.2, -0.15) is 5.26 Å². The Bertz CT molecular complexity index is 830. The molecule has 0 saturated carbocycles. The van der Waals surface area contributed by atoms with Gasteiger partial charge in [0.25, 0.3) is 5.91 Å². The first-order valence-corrected chi connectivity index (χ1v) is 7.36. The molecule has 0 heterocycles. The maximum atomic E-state index is 12.2. The standard InChI is InChI=1S/C17H14ClN3O3/c1-10(24-15-5-3-2-4-11(15)9-19)17(23)21-12-6-7-14(18)13(8-12)16(20)22/h2-8,10H,1H3,(H2,20,22)(H,21,23). The van der Waals surface area contributed by atoms with E-state index in [2.05, 4.69) is 5.32 Å².